The van der Waals surface area contributed by atoms with E-state index in [0.29, 0.717) is 5.75 Å². The molecule has 2 aromatic rings. The van der Waals surface area contributed by atoms with E-state index in [1.807, 2.05) is 32.0 Å². The van der Waals surface area contributed by atoms with Gasteiger partial charge in [-0.15, -0.1) is 0 Å². The van der Waals surface area contributed by atoms with Crippen LogP contribution in [-0.2, 0) is 6.42 Å². The van der Waals surface area contributed by atoms with Crippen molar-refractivity contribution in [1.29, 1.82) is 0 Å². The zero-order valence-corrected chi connectivity index (χ0v) is 12.8. The normalized spacial score (nSPS) is 12.2. The maximum absolute atomic E-state index is 13.8. The molecule has 2 nitrogen and oxygen atoms in total. The minimum absolute atomic E-state index is 0.135. The average molecular weight is 287 g/mol. The van der Waals surface area contributed by atoms with Gasteiger partial charge in [-0.3, -0.25) is 0 Å². The zero-order valence-electron chi connectivity index (χ0n) is 12.8. The van der Waals surface area contributed by atoms with E-state index in [-0.39, 0.29) is 17.6 Å². The number of aryl methyl sites for hydroxylation is 2. The molecule has 0 spiro atoms. The molecule has 3 heteroatoms. The maximum Gasteiger partial charge on any atom is 0.165 e. The Morgan fingerprint density at radius 3 is 2.57 bits per heavy atom. The van der Waals surface area contributed by atoms with Gasteiger partial charge in [-0.05, 0) is 61.6 Å². The fourth-order valence-electron chi connectivity index (χ4n) is 2.14. The molecule has 0 saturated carbocycles. The average Bonchev–Trinajstić information content (AvgIpc) is 2.46. The fraction of sp³-hybridized carbons (Fsp3) is 0.333. The molecule has 0 aromatic heterocycles. The van der Waals surface area contributed by atoms with Crippen LogP contribution in [0.3, 0.4) is 0 Å². The van der Waals surface area contributed by atoms with Gasteiger partial charge >= 0.3 is 0 Å². The second-order valence-corrected chi connectivity index (χ2v) is 5.51. The summed E-state index contributed by atoms with van der Waals surface area (Å²) in [6.07, 6.45) is 1.72. The molecule has 2 N–H and O–H groups in total. The largest absolute Gasteiger partial charge is 0.454 e. The van der Waals surface area contributed by atoms with E-state index in [1.165, 1.54) is 6.07 Å². The summed E-state index contributed by atoms with van der Waals surface area (Å²) in [5.41, 5.74) is 9.04. The second-order valence-electron chi connectivity index (χ2n) is 5.51. The third-order valence-electron chi connectivity index (χ3n) is 3.58. The van der Waals surface area contributed by atoms with E-state index in [1.54, 1.807) is 12.1 Å². The third kappa shape index (κ3) is 4.05. The zero-order chi connectivity index (χ0) is 15.4. The van der Waals surface area contributed by atoms with Crippen LogP contribution in [-0.4, -0.2) is 6.04 Å². The smallest absolute Gasteiger partial charge is 0.165 e. The lowest BCUT2D eigenvalue weighted by atomic mass is 10.0. The predicted molar refractivity (Wildman–Crippen MR) is 84.4 cm³/mol. The minimum Gasteiger partial charge on any atom is -0.454 e. The number of benzene rings is 2. The second kappa shape index (κ2) is 6.72. The molecule has 21 heavy (non-hydrogen) atoms. The Bertz CT molecular complexity index is 625. The molecule has 2 rings (SSSR count). The summed E-state index contributed by atoms with van der Waals surface area (Å²) in [6, 6.07) is 11.0. The minimum atomic E-state index is -0.351. The molecule has 1 unspecified atom stereocenters. The summed E-state index contributed by atoms with van der Waals surface area (Å²) in [5.74, 6) is 0.589. The SMILES string of the molecule is CCC(N)Cc1ccc(C)c(Oc2cc(C)ccc2F)c1. The highest BCUT2D eigenvalue weighted by Gasteiger charge is 2.09. The Labute approximate surface area is 125 Å². The first-order valence-corrected chi connectivity index (χ1v) is 7.28. The summed E-state index contributed by atoms with van der Waals surface area (Å²) in [7, 11) is 0. The van der Waals surface area contributed by atoms with Crippen LogP contribution in [0.15, 0.2) is 36.4 Å². The first-order valence-electron chi connectivity index (χ1n) is 7.28. The van der Waals surface area contributed by atoms with Crippen LogP contribution in [0.4, 0.5) is 4.39 Å². The van der Waals surface area contributed by atoms with Crippen molar-refractivity contribution < 1.29 is 9.13 Å². The molecule has 0 aliphatic carbocycles. The van der Waals surface area contributed by atoms with Gasteiger partial charge in [0.2, 0.25) is 0 Å². The molecule has 0 aliphatic heterocycles. The van der Waals surface area contributed by atoms with Crippen molar-refractivity contribution in [2.24, 2.45) is 5.73 Å². The maximum atomic E-state index is 13.8. The van der Waals surface area contributed by atoms with E-state index in [4.69, 9.17) is 10.5 Å². The number of hydrogen-bond acceptors (Lipinski definition) is 2. The number of rotatable bonds is 5. The van der Waals surface area contributed by atoms with Crippen molar-refractivity contribution in [1.82, 2.24) is 0 Å². The summed E-state index contributed by atoms with van der Waals surface area (Å²) in [5, 5.41) is 0. The van der Waals surface area contributed by atoms with Gasteiger partial charge in [-0.1, -0.05) is 25.1 Å². The Morgan fingerprint density at radius 1 is 1.10 bits per heavy atom. The summed E-state index contributed by atoms with van der Waals surface area (Å²) in [4.78, 5) is 0. The summed E-state index contributed by atoms with van der Waals surface area (Å²) < 4.78 is 19.6. The van der Waals surface area contributed by atoms with Crippen molar-refractivity contribution >= 4 is 0 Å². The number of nitrogens with two attached hydrogens (primary N) is 1. The summed E-state index contributed by atoms with van der Waals surface area (Å²) >= 11 is 0. The van der Waals surface area contributed by atoms with Crippen molar-refractivity contribution in [3.8, 4) is 11.5 Å². The van der Waals surface area contributed by atoms with E-state index in [0.717, 1.165) is 29.5 Å². The van der Waals surface area contributed by atoms with Gasteiger partial charge in [0.1, 0.15) is 5.75 Å². The van der Waals surface area contributed by atoms with Crippen LogP contribution in [0.2, 0.25) is 0 Å². The van der Waals surface area contributed by atoms with E-state index in [9.17, 15) is 4.39 Å². The topological polar surface area (TPSA) is 35.2 Å². The van der Waals surface area contributed by atoms with Crippen molar-refractivity contribution in [2.45, 2.75) is 39.7 Å². The van der Waals surface area contributed by atoms with Gasteiger partial charge in [-0.25, -0.2) is 4.39 Å². The highest BCUT2D eigenvalue weighted by Crippen LogP contribution is 2.29. The Morgan fingerprint density at radius 2 is 1.86 bits per heavy atom. The fourth-order valence-corrected chi connectivity index (χ4v) is 2.14. The van der Waals surface area contributed by atoms with Crippen molar-refractivity contribution in [3.63, 3.8) is 0 Å². The van der Waals surface area contributed by atoms with Crippen LogP contribution in [0, 0.1) is 19.7 Å². The van der Waals surface area contributed by atoms with E-state index >= 15 is 0 Å². The van der Waals surface area contributed by atoms with Crippen molar-refractivity contribution in [3.05, 3.63) is 58.9 Å². The molecule has 0 bridgehead atoms. The number of hydrogen-bond donors (Lipinski definition) is 1. The van der Waals surface area contributed by atoms with Crippen LogP contribution in [0.1, 0.15) is 30.0 Å². The van der Waals surface area contributed by atoms with Gasteiger partial charge < -0.3 is 10.5 Å². The number of ether oxygens (including phenoxy) is 1. The standard InChI is InChI=1S/C18H22FNO/c1-4-15(20)10-14-7-6-13(3)17(11-14)21-18-9-12(2)5-8-16(18)19/h5-9,11,15H,4,10,20H2,1-3H3. The lowest BCUT2D eigenvalue weighted by Crippen LogP contribution is -2.21. The van der Waals surface area contributed by atoms with Gasteiger partial charge in [-0.2, -0.15) is 0 Å². The Hall–Kier alpha value is -1.87. The van der Waals surface area contributed by atoms with Crippen LogP contribution in [0.25, 0.3) is 0 Å². The van der Waals surface area contributed by atoms with E-state index < -0.39 is 0 Å². The lowest BCUT2D eigenvalue weighted by molar-refractivity contribution is 0.438. The molecule has 0 fully saturated rings. The highest BCUT2D eigenvalue weighted by atomic mass is 19.1. The molecule has 2 aromatic carbocycles. The molecule has 0 saturated heterocycles. The van der Waals surface area contributed by atoms with Crippen LogP contribution < -0.4 is 10.5 Å². The number of halogens is 1. The monoisotopic (exact) mass is 287 g/mol. The predicted octanol–water partition coefficient (Wildman–Crippen LogP) is 4.51. The molecular formula is C18H22FNO. The highest BCUT2D eigenvalue weighted by molar-refractivity contribution is 5.41. The van der Waals surface area contributed by atoms with Gasteiger partial charge in [0.15, 0.2) is 11.6 Å². The molecule has 0 radical (unpaired) electrons. The van der Waals surface area contributed by atoms with E-state index in [2.05, 4.69) is 6.92 Å². The van der Waals surface area contributed by atoms with Crippen LogP contribution >= 0.6 is 0 Å². The Kier molecular flexibility index (Phi) is 4.97. The first kappa shape index (κ1) is 15.5. The molecule has 1 atom stereocenters. The van der Waals surface area contributed by atoms with Gasteiger partial charge in [0, 0.05) is 6.04 Å². The Balaban J connectivity index is 2.26. The quantitative estimate of drug-likeness (QED) is 0.877. The first-order chi connectivity index (χ1) is 9.99. The van der Waals surface area contributed by atoms with Crippen LogP contribution in [0.5, 0.6) is 11.5 Å². The molecule has 0 aliphatic rings. The molecule has 0 heterocycles. The third-order valence-corrected chi connectivity index (χ3v) is 3.58. The van der Waals surface area contributed by atoms with Gasteiger partial charge in [0.25, 0.3) is 0 Å². The lowest BCUT2D eigenvalue weighted by Gasteiger charge is -2.13. The van der Waals surface area contributed by atoms with Crippen molar-refractivity contribution in [2.75, 3.05) is 0 Å². The summed E-state index contributed by atoms with van der Waals surface area (Å²) in [6.45, 7) is 5.93. The van der Waals surface area contributed by atoms with Gasteiger partial charge in [0.05, 0.1) is 0 Å². The molecule has 0 amide bonds. The molecular weight excluding hydrogens is 265 g/mol. The molecule has 112 valence electrons.